The number of benzene rings is 2. The van der Waals surface area contributed by atoms with Crippen molar-refractivity contribution in [3.8, 4) is 0 Å². The molecule has 3 aliphatic rings. The molecule has 2 aromatic carbocycles. The fourth-order valence-corrected chi connectivity index (χ4v) is 6.49. The number of anilines is 1. The Morgan fingerprint density at radius 1 is 1.04 bits per heavy atom. The van der Waals surface area contributed by atoms with Gasteiger partial charge in [0.1, 0.15) is 5.82 Å². The van der Waals surface area contributed by atoms with E-state index in [0.717, 1.165) is 48.6 Å². The van der Waals surface area contributed by atoms with E-state index in [4.69, 9.17) is 23.2 Å². The predicted molar refractivity (Wildman–Crippen MR) is 114 cm³/mol. The highest BCUT2D eigenvalue weighted by atomic mass is 35.5. The summed E-state index contributed by atoms with van der Waals surface area (Å²) in [4.78, 5) is 0. The number of hydrogen-bond donors (Lipinski definition) is 2. The van der Waals surface area contributed by atoms with Gasteiger partial charge in [-0.25, -0.2) is 4.39 Å². The first-order valence-electron chi connectivity index (χ1n) is 10.3. The van der Waals surface area contributed by atoms with Crippen LogP contribution in [0.25, 0.3) is 0 Å². The maximum atomic E-state index is 15.1. The van der Waals surface area contributed by atoms with Crippen LogP contribution in [-0.4, -0.2) is 18.6 Å². The Hall–Kier alpha value is -1.29. The van der Waals surface area contributed by atoms with Crippen LogP contribution >= 0.6 is 23.2 Å². The minimum atomic E-state index is -0.259. The van der Waals surface area contributed by atoms with Crippen LogP contribution in [0, 0.1) is 11.2 Å². The van der Waals surface area contributed by atoms with E-state index in [1.54, 1.807) is 6.07 Å². The summed E-state index contributed by atoms with van der Waals surface area (Å²) < 4.78 is 15.1. The smallest absolute Gasteiger partial charge is 0.145 e. The molecule has 1 aliphatic carbocycles. The van der Waals surface area contributed by atoms with Crippen LogP contribution < -0.4 is 10.6 Å². The van der Waals surface area contributed by atoms with Gasteiger partial charge in [0.15, 0.2) is 0 Å². The molecule has 0 radical (unpaired) electrons. The molecule has 2 spiro atoms. The van der Waals surface area contributed by atoms with Crippen LogP contribution in [-0.2, 0) is 6.42 Å². The Labute approximate surface area is 175 Å². The van der Waals surface area contributed by atoms with Crippen molar-refractivity contribution in [1.82, 2.24) is 5.32 Å². The summed E-state index contributed by atoms with van der Waals surface area (Å²) in [6, 6.07) is 11.5. The van der Waals surface area contributed by atoms with Gasteiger partial charge in [0.05, 0.1) is 5.02 Å². The van der Waals surface area contributed by atoms with Gasteiger partial charge >= 0.3 is 0 Å². The molecule has 0 aromatic heterocycles. The second-order valence-corrected chi connectivity index (χ2v) is 9.55. The molecule has 1 saturated heterocycles. The van der Waals surface area contributed by atoms with Gasteiger partial charge in [0, 0.05) is 40.7 Å². The third kappa shape index (κ3) is 2.70. The predicted octanol–water partition coefficient (Wildman–Crippen LogP) is 6.18. The third-order valence-corrected chi connectivity index (χ3v) is 8.03. The van der Waals surface area contributed by atoms with Crippen molar-refractivity contribution in [1.29, 1.82) is 0 Å². The van der Waals surface area contributed by atoms with Gasteiger partial charge in [0.25, 0.3) is 0 Å². The van der Waals surface area contributed by atoms with Gasteiger partial charge in [-0.05, 0) is 48.6 Å². The molecule has 5 heteroatoms. The van der Waals surface area contributed by atoms with E-state index in [1.165, 1.54) is 24.8 Å². The molecule has 2 fully saturated rings. The van der Waals surface area contributed by atoms with Gasteiger partial charge in [-0.3, -0.25) is 0 Å². The molecule has 2 heterocycles. The van der Waals surface area contributed by atoms with E-state index in [2.05, 4.69) is 16.7 Å². The molecule has 5 rings (SSSR count). The van der Waals surface area contributed by atoms with Gasteiger partial charge in [0.2, 0.25) is 0 Å². The zero-order valence-electron chi connectivity index (χ0n) is 15.8. The summed E-state index contributed by atoms with van der Waals surface area (Å²) in [5.41, 5.74) is 3.09. The van der Waals surface area contributed by atoms with Crippen LogP contribution in [0.15, 0.2) is 36.4 Å². The SMILES string of the molecule is Fc1c(Cl)cccc1[C@H]1CNC2(CCCCC2)[C@@]12CNc1cc(Cl)ccc1C2. The van der Waals surface area contributed by atoms with E-state index in [0.29, 0.717) is 0 Å². The van der Waals surface area contributed by atoms with Crippen molar-refractivity contribution >= 4 is 28.9 Å². The molecule has 0 unspecified atom stereocenters. The first kappa shape index (κ1) is 18.7. The molecule has 2 nitrogen and oxygen atoms in total. The Bertz CT molecular complexity index is 909. The average molecular weight is 419 g/mol. The van der Waals surface area contributed by atoms with Crippen LogP contribution in [0.3, 0.4) is 0 Å². The van der Waals surface area contributed by atoms with E-state index in [1.807, 2.05) is 24.3 Å². The van der Waals surface area contributed by atoms with Crippen LogP contribution in [0.5, 0.6) is 0 Å². The molecular weight excluding hydrogens is 394 g/mol. The van der Waals surface area contributed by atoms with E-state index < -0.39 is 0 Å². The lowest BCUT2D eigenvalue weighted by Crippen LogP contribution is -2.59. The summed E-state index contributed by atoms with van der Waals surface area (Å²) >= 11 is 12.4. The zero-order chi connectivity index (χ0) is 19.4. The third-order valence-electron chi connectivity index (χ3n) is 7.50. The van der Waals surface area contributed by atoms with E-state index in [9.17, 15) is 0 Å². The standard InChI is InChI=1S/C23H25Cl2FN2/c24-16-8-7-15-12-22(14-27-20(15)11-16)18(17-5-4-6-19(25)21(17)26)13-28-23(22)9-2-1-3-10-23/h4-8,11,18,27-28H,1-3,9-10,12-14H2/t18-,22+/m1/s1. The normalized spacial score (nSPS) is 28.3. The fourth-order valence-electron chi connectivity index (χ4n) is 6.14. The molecule has 1 saturated carbocycles. The first-order chi connectivity index (χ1) is 13.5. The quantitative estimate of drug-likeness (QED) is 0.577. The summed E-state index contributed by atoms with van der Waals surface area (Å²) in [7, 11) is 0. The Balaban J connectivity index is 1.64. The van der Waals surface area contributed by atoms with Crippen LogP contribution in [0.1, 0.15) is 49.1 Å². The van der Waals surface area contributed by atoms with Crippen molar-refractivity contribution in [2.45, 2.75) is 50.0 Å². The van der Waals surface area contributed by atoms with Crippen molar-refractivity contribution < 1.29 is 4.39 Å². The monoisotopic (exact) mass is 418 g/mol. The van der Waals surface area contributed by atoms with Crippen LogP contribution in [0.2, 0.25) is 10.0 Å². The molecule has 148 valence electrons. The second-order valence-electron chi connectivity index (χ2n) is 8.71. The van der Waals surface area contributed by atoms with Crippen molar-refractivity contribution in [2.75, 3.05) is 18.4 Å². The van der Waals surface area contributed by atoms with Crippen LogP contribution in [0.4, 0.5) is 10.1 Å². The number of fused-ring (bicyclic) bond motifs is 2. The van der Waals surface area contributed by atoms with E-state index in [-0.39, 0.29) is 27.7 Å². The molecule has 2 N–H and O–H groups in total. The van der Waals surface area contributed by atoms with Gasteiger partial charge in [-0.1, -0.05) is 60.7 Å². The zero-order valence-corrected chi connectivity index (χ0v) is 17.3. The van der Waals surface area contributed by atoms with E-state index >= 15 is 4.39 Å². The van der Waals surface area contributed by atoms with Gasteiger partial charge < -0.3 is 10.6 Å². The lowest BCUT2D eigenvalue weighted by molar-refractivity contribution is 0.0859. The molecule has 2 aliphatic heterocycles. The molecule has 2 atom stereocenters. The summed E-state index contributed by atoms with van der Waals surface area (Å²) in [5, 5.41) is 8.52. The highest BCUT2D eigenvalue weighted by molar-refractivity contribution is 6.31. The number of halogens is 3. The minimum Gasteiger partial charge on any atom is -0.384 e. The molecule has 0 bridgehead atoms. The van der Waals surface area contributed by atoms with Gasteiger partial charge in [-0.15, -0.1) is 0 Å². The first-order valence-corrected chi connectivity index (χ1v) is 11.0. The number of rotatable bonds is 1. The number of nitrogens with one attached hydrogen (secondary N) is 2. The lowest BCUT2D eigenvalue weighted by Gasteiger charge is -2.53. The highest BCUT2D eigenvalue weighted by Crippen LogP contribution is 2.58. The maximum Gasteiger partial charge on any atom is 0.145 e. The van der Waals surface area contributed by atoms with Crippen molar-refractivity contribution in [3.05, 3.63) is 63.4 Å². The molecule has 2 aromatic rings. The van der Waals surface area contributed by atoms with Gasteiger partial charge in [-0.2, -0.15) is 0 Å². The maximum absolute atomic E-state index is 15.1. The summed E-state index contributed by atoms with van der Waals surface area (Å²) in [5.74, 6) is -0.175. The lowest BCUT2D eigenvalue weighted by atomic mass is 9.55. The summed E-state index contributed by atoms with van der Waals surface area (Å²) in [6.45, 7) is 1.62. The minimum absolute atomic E-state index is 0.0367. The fraction of sp³-hybridized carbons (Fsp3) is 0.478. The second kappa shape index (κ2) is 6.90. The highest BCUT2D eigenvalue weighted by Gasteiger charge is 2.61. The Kier molecular flexibility index (Phi) is 4.61. The molecule has 28 heavy (non-hydrogen) atoms. The Morgan fingerprint density at radius 3 is 2.68 bits per heavy atom. The largest absolute Gasteiger partial charge is 0.384 e. The Morgan fingerprint density at radius 2 is 1.86 bits per heavy atom. The average Bonchev–Trinajstić information content (AvgIpc) is 2.98. The van der Waals surface area contributed by atoms with Crippen molar-refractivity contribution in [2.24, 2.45) is 5.41 Å². The molecular formula is C23H25Cl2FN2. The molecule has 0 amide bonds. The number of hydrogen-bond acceptors (Lipinski definition) is 2. The van der Waals surface area contributed by atoms with Crippen molar-refractivity contribution in [3.63, 3.8) is 0 Å². The summed E-state index contributed by atoms with van der Waals surface area (Å²) in [6.07, 6.45) is 6.97. The topological polar surface area (TPSA) is 24.1 Å².